The first-order chi connectivity index (χ1) is 13.0. The van der Waals surface area contributed by atoms with Crippen LogP contribution in [0.3, 0.4) is 0 Å². The third-order valence-corrected chi connectivity index (χ3v) is 4.01. The summed E-state index contributed by atoms with van der Waals surface area (Å²) in [6.45, 7) is 1.67. The Labute approximate surface area is 156 Å². The fourth-order valence-electron chi connectivity index (χ4n) is 2.60. The predicted molar refractivity (Wildman–Crippen MR) is 102 cm³/mol. The van der Waals surface area contributed by atoms with Gasteiger partial charge in [-0.3, -0.25) is 9.59 Å². The molecule has 0 aliphatic carbocycles. The van der Waals surface area contributed by atoms with Crippen LogP contribution in [-0.4, -0.2) is 32.1 Å². The van der Waals surface area contributed by atoms with E-state index >= 15 is 0 Å². The van der Waals surface area contributed by atoms with E-state index in [0.717, 1.165) is 5.56 Å². The van der Waals surface area contributed by atoms with Crippen LogP contribution in [0, 0.1) is 0 Å². The average molecular weight is 368 g/mol. The van der Waals surface area contributed by atoms with Gasteiger partial charge in [-0.2, -0.15) is 0 Å². The molecule has 0 spiro atoms. The van der Waals surface area contributed by atoms with Crippen molar-refractivity contribution in [3.63, 3.8) is 0 Å². The Morgan fingerprint density at radius 1 is 1.15 bits per heavy atom. The molecule has 0 saturated heterocycles. The van der Waals surface area contributed by atoms with Crippen LogP contribution in [-0.2, 0) is 9.59 Å². The summed E-state index contributed by atoms with van der Waals surface area (Å²) in [5.74, 6) is 1.24. The van der Waals surface area contributed by atoms with Crippen LogP contribution in [0.4, 0.5) is 11.4 Å². The van der Waals surface area contributed by atoms with Crippen molar-refractivity contribution >= 4 is 29.3 Å². The van der Waals surface area contributed by atoms with Crippen molar-refractivity contribution in [2.75, 3.05) is 24.9 Å². The summed E-state index contributed by atoms with van der Waals surface area (Å²) >= 11 is 0. The van der Waals surface area contributed by atoms with Crippen molar-refractivity contribution in [1.82, 2.24) is 0 Å². The zero-order valence-electron chi connectivity index (χ0n) is 15.2. The van der Waals surface area contributed by atoms with Gasteiger partial charge in [0.05, 0.1) is 19.9 Å². The van der Waals surface area contributed by atoms with E-state index in [-0.39, 0.29) is 11.8 Å². The van der Waals surface area contributed by atoms with Gasteiger partial charge in [0.1, 0.15) is 5.75 Å². The van der Waals surface area contributed by atoms with Crippen LogP contribution in [0.25, 0.3) is 6.08 Å². The highest BCUT2D eigenvalue weighted by Crippen LogP contribution is 2.32. The molecule has 0 saturated carbocycles. The molecule has 7 nitrogen and oxygen atoms in total. The van der Waals surface area contributed by atoms with E-state index in [1.165, 1.54) is 6.08 Å². The van der Waals surface area contributed by atoms with Crippen molar-refractivity contribution in [1.29, 1.82) is 0 Å². The number of methoxy groups -OCH3 is 2. The minimum atomic E-state index is -0.539. The summed E-state index contributed by atoms with van der Waals surface area (Å²) in [6, 6.07) is 10.4. The summed E-state index contributed by atoms with van der Waals surface area (Å²) in [6.07, 6.45) is 2.54. The van der Waals surface area contributed by atoms with Gasteiger partial charge < -0.3 is 24.8 Å². The molecule has 2 N–H and O–H groups in total. The number of carbonyl (C=O) groups excluding carboxylic acids is 2. The highest BCUT2D eigenvalue weighted by molar-refractivity contribution is 6.03. The van der Waals surface area contributed by atoms with E-state index in [0.29, 0.717) is 28.6 Å². The van der Waals surface area contributed by atoms with E-state index in [1.807, 2.05) is 6.07 Å². The Balaban J connectivity index is 1.68. The van der Waals surface area contributed by atoms with Gasteiger partial charge in [-0.05, 0) is 48.9 Å². The van der Waals surface area contributed by atoms with Crippen molar-refractivity contribution in [2.24, 2.45) is 0 Å². The molecule has 1 aliphatic rings. The van der Waals surface area contributed by atoms with Crippen LogP contribution in [0.1, 0.15) is 12.5 Å². The number of fused-ring (bicyclic) bond motifs is 1. The maximum atomic E-state index is 12.2. The lowest BCUT2D eigenvalue weighted by Crippen LogP contribution is -2.34. The fraction of sp³-hybridized carbons (Fsp3) is 0.200. The Morgan fingerprint density at radius 2 is 1.93 bits per heavy atom. The quantitative estimate of drug-likeness (QED) is 0.792. The summed E-state index contributed by atoms with van der Waals surface area (Å²) in [7, 11) is 3.12. The van der Waals surface area contributed by atoms with Gasteiger partial charge in [0.2, 0.25) is 5.91 Å². The maximum Gasteiger partial charge on any atom is 0.265 e. The number of amides is 2. The van der Waals surface area contributed by atoms with Crippen LogP contribution >= 0.6 is 0 Å². The van der Waals surface area contributed by atoms with Crippen molar-refractivity contribution in [3.05, 3.63) is 48.0 Å². The largest absolute Gasteiger partial charge is 0.493 e. The number of hydrogen-bond acceptors (Lipinski definition) is 5. The Bertz CT molecular complexity index is 907. The van der Waals surface area contributed by atoms with E-state index in [2.05, 4.69) is 10.6 Å². The van der Waals surface area contributed by atoms with Crippen LogP contribution in [0.5, 0.6) is 17.2 Å². The molecule has 1 aliphatic heterocycles. The number of benzene rings is 2. The molecule has 0 aromatic heterocycles. The average Bonchev–Trinajstić information content (AvgIpc) is 2.67. The summed E-state index contributed by atoms with van der Waals surface area (Å²) < 4.78 is 15.9. The molecule has 2 amide bonds. The smallest absolute Gasteiger partial charge is 0.265 e. The SMILES string of the molecule is COc1ccc(C=CC(=O)Nc2ccc3c(c2)NC(=O)C(C)O3)cc1OC. The molecule has 7 heteroatoms. The minimum Gasteiger partial charge on any atom is -0.493 e. The topological polar surface area (TPSA) is 85.9 Å². The van der Waals surface area contributed by atoms with Gasteiger partial charge >= 0.3 is 0 Å². The van der Waals surface area contributed by atoms with E-state index in [9.17, 15) is 9.59 Å². The molecule has 140 valence electrons. The number of hydrogen-bond donors (Lipinski definition) is 2. The molecule has 0 bridgehead atoms. The number of anilines is 2. The molecule has 0 fully saturated rings. The summed E-state index contributed by atoms with van der Waals surface area (Å²) in [4.78, 5) is 23.9. The van der Waals surface area contributed by atoms with Gasteiger partial charge in [-0.25, -0.2) is 0 Å². The minimum absolute atomic E-state index is 0.223. The summed E-state index contributed by atoms with van der Waals surface area (Å²) in [5.41, 5.74) is 1.87. The monoisotopic (exact) mass is 368 g/mol. The fourth-order valence-corrected chi connectivity index (χ4v) is 2.60. The summed E-state index contributed by atoms with van der Waals surface area (Å²) in [5, 5.41) is 5.50. The zero-order valence-corrected chi connectivity index (χ0v) is 15.2. The molecule has 2 aromatic carbocycles. The molecule has 3 rings (SSSR count). The van der Waals surface area contributed by atoms with Crippen molar-refractivity contribution < 1.29 is 23.8 Å². The van der Waals surface area contributed by atoms with Gasteiger partial charge in [0.25, 0.3) is 5.91 Å². The molecule has 1 unspecified atom stereocenters. The van der Waals surface area contributed by atoms with Gasteiger partial charge in [-0.15, -0.1) is 0 Å². The third kappa shape index (κ3) is 4.20. The second-order valence-electron chi connectivity index (χ2n) is 5.90. The Hall–Kier alpha value is -3.48. The second-order valence-corrected chi connectivity index (χ2v) is 5.90. The number of rotatable bonds is 5. The first-order valence-corrected chi connectivity index (χ1v) is 8.33. The lowest BCUT2D eigenvalue weighted by molar-refractivity contribution is -0.122. The zero-order chi connectivity index (χ0) is 19.4. The molecule has 2 aromatic rings. The van der Waals surface area contributed by atoms with E-state index in [1.54, 1.807) is 57.6 Å². The van der Waals surface area contributed by atoms with E-state index < -0.39 is 6.10 Å². The number of nitrogens with one attached hydrogen (secondary N) is 2. The first kappa shape index (κ1) is 18.3. The Morgan fingerprint density at radius 3 is 2.67 bits per heavy atom. The van der Waals surface area contributed by atoms with Gasteiger partial charge in [0, 0.05) is 11.8 Å². The van der Waals surface area contributed by atoms with Crippen LogP contribution < -0.4 is 24.8 Å². The third-order valence-electron chi connectivity index (χ3n) is 4.01. The molecular weight excluding hydrogens is 348 g/mol. The number of carbonyl (C=O) groups is 2. The second kappa shape index (κ2) is 7.82. The Kier molecular flexibility index (Phi) is 5.30. The molecule has 0 radical (unpaired) electrons. The highest BCUT2D eigenvalue weighted by Gasteiger charge is 2.23. The maximum absolute atomic E-state index is 12.2. The van der Waals surface area contributed by atoms with Gasteiger partial charge in [0.15, 0.2) is 17.6 Å². The van der Waals surface area contributed by atoms with E-state index in [4.69, 9.17) is 14.2 Å². The lowest BCUT2D eigenvalue weighted by Gasteiger charge is -2.23. The number of ether oxygens (including phenoxy) is 3. The van der Waals surface area contributed by atoms with Crippen LogP contribution in [0.15, 0.2) is 42.5 Å². The first-order valence-electron chi connectivity index (χ1n) is 8.33. The standard InChI is InChI=1S/C20H20N2O5/c1-12-20(24)22-15-11-14(6-8-16(15)27-12)21-19(23)9-5-13-4-7-17(25-2)18(10-13)26-3/h4-12H,1-3H3,(H,21,23)(H,22,24). The van der Waals surface area contributed by atoms with Gasteiger partial charge in [-0.1, -0.05) is 6.07 Å². The normalized spacial score (nSPS) is 15.5. The molecule has 1 heterocycles. The molecule has 27 heavy (non-hydrogen) atoms. The van der Waals surface area contributed by atoms with Crippen molar-refractivity contribution in [3.8, 4) is 17.2 Å². The van der Waals surface area contributed by atoms with Crippen molar-refractivity contribution in [2.45, 2.75) is 13.0 Å². The predicted octanol–water partition coefficient (Wildman–Crippen LogP) is 3.08. The highest BCUT2D eigenvalue weighted by atomic mass is 16.5. The molecule has 1 atom stereocenters. The molecular formula is C20H20N2O5. The lowest BCUT2D eigenvalue weighted by atomic mass is 10.2. The van der Waals surface area contributed by atoms with Crippen LogP contribution in [0.2, 0.25) is 0 Å².